The third-order valence-electron chi connectivity index (χ3n) is 4.22. The summed E-state index contributed by atoms with van der Waals surface area (Å²) >= 11 is 0. The molecule has 31 heavy (non-hydrogen) atoms. The van der Waals surface area contributed by atoms with Crippen molar-refractivity contribution in [2.45, 2.75) is 6.92 Å². The molecule has 7 nitrogen and oxygen atoms in total. The van der Waals surface area contributed by atoms with E-state index in [-0.39, 0.29) is 18.3 Å². The van der Waals surface area contributed by atoms with E-state index in [9.17, 15) is 9.18 Å². The Hall–Kier alpha value is -4.20. The number of pyridine rings is 1. The molecule has 0 saturated heterocycles. The number of halogens is 1. The molecule has 0 aliphatic carbocycles. The van der Waals surface area contributed by atoms with Gasteiger partial charge in [0.15, 0.2) is 6.61 Å². The normalized spacial score (nSPS) is 10.5. The molecule has 156 valence electrons. The van der Waals surface area contributed by atoms with Crippen molar-refractivity contribution in [3.8, 4) is 23.1 Å². The maximum absolute atomic E-state index is 13.2. The van der Waals surface area contributed by atoms with Crippen LogP contribution < -0.4 is 14.8 Å². The number of anilines is 1. The Bertz CT molecular complexity index is 1160. The van der Waals surface area contributed by atoms with Crippen LogP contribution in [0.25, 0.3) is 5.69 Å². The lowest BCUT2D eigenvalue weighted by atomic mass is 10.3. The van der Waals surface area contributed by atoms with Crippen molar-refractivity contribution in [3.63, 3.8) is 0 Å². The predicted octanol–water partition coefficient (Wildman–Crippen LogP) is 4.52. The largest absolute Gasteiger partial charge is 0.484 e. The van der Waals surface area contributed by atoms with E-state index in [4.69, 9.17) is 9.47 Å². The Morgan fingerprint density at radius 2 is 1.77 bits per heavy atom. The van der Waals surface area contributed by atoms with Crippen LogP contribution in [0.5, 0.6) is 17.4 Å². The summed E-state index contributed by atoms with van der Waals surface area (Å²) in [7, 11) is 0. The van der Waals surface area contributed by atoms with Crippen LogP contribution in [0.1, 0.15) is 5.69 Å². The minimum atomic E-state index is -0.350. The SMILES string of the molecule is Cc1cc(NC(=O)COc2ccc(Oc3ccccn3)cc2)n(-c2ccc(F)cc2)n1. The average Bonchev–Trinajstić information content (AvgIpc) is 3.14. The molecule has 1 amide bonds. The quantitative estimate of drug-likeness (QED) is 0.477. The molecular weight excluding hydrogens is 399 g/mol. The molecule has 8 heteroatoms. The van der Waals surface area contributed by atoms with Crippen molar-refractivity contribution in [2.75, 3.05) is 11.9 Å². The molecule has 0 bridgehead atoms. The Labute approximate surface area is 178 Å². The van der Waals surface area contributed by atoms with Gasteiger partial charge in [0.1, 0.15) is 23.1 Å². The molecule has 0 spiro atoms. The second-order valence-electron chi connectivity index (χ2n) is 6.64. The Morgan fingerprint density at radius 1 is 1.03 bits per heavy atom. The summed E-state index contributed by atoms with van der Waals surface area (Å²) in [5.41, 5.74) is 1.35. The van der Waals surface area contributed by atoms with Crippen LogP contribution in [-0.4, -0.2) is 27.3 Å². The molecule has 0 atom stereocenters. The average molecular weight is 418 g/mol. The van der Waals surface area contributed by atoms with Crippen LogP contribution in [0.4, 0.5) is 10.2 Å². The van der Waals surface area contributed by atoms with E-state index in [2.05, 4.69) is 15.4 Å². The number of aryl methyl sites for hydroxylation is 1. The summed E-state index contributed by atoms with van der Waals surface area (Å²) in [6, 6.07) is 19.8. The number of nitrogens with zero attached hydrogens (tertiary/aromatic N) is 3. The summed E-state index contributed by atoms with van der Waals surface area (Å²) in [6.45, 7) is 1.62. The van der Waals surface area contributed by atoms with Crippen molar-refractivity contribution in [1.82, 2.24) is 14.8 Å². The van der Waals surface area contributed by atoms with E-state index in [0.29, 0.717) is 34.6 Å². The Balaban J connectivity index is 1.35. The van der Waals surface area contributed by atoms with Crippen molar-refractivity contribution in [3.05, 3.63) is 90.5 Å². The third-order valence-corrected chi connectivity index (χ3v) is 4.22. The van der Waals surface area contributed by atoms with Gasteiger partial charge in [-0.1, -0.05) is 6.07 Å². The molecule has 0 aliphatic rings. The molecule has 0 fully saturated rings. The molecule has 0 aliphatic heterocycles. The highest BCUT2D eigenvalue weighted by Crippen LogP contribution is 2.22. The van der Waals surface area contributed by atoms with Crippen LogP contribution in [0, 0.1) is 12.7 Å². The number of carbonyl (C=O) groups excluding carboxylic acids is 1. The van der Waals surface area contributed by atoms with E-state index >= 15 is 0 Å². The zero-order valence-corrected chi connectivity index (χ0v) is 16.7. The Kier molecular flexibility index (Phi) is 5.89. The summed E-state index contributed by atoms with van der Waals surface area (Å²) in [5.74, 6) is 1.39. The standard InChI is InChI=1S/C23H19FN4O3/c1-16-14-21(28(27-16)18-7-5-17(24)6-8-18)26-22(29)15-30-19-9-11-20(12-10-19)31-23-4-2-3-13-25-23/h2-14H,15H2,1H3,(H,26,29). The highest BCUT2D eigenvalue weighted by atomic mass is 19.1. The van der Waals surface area contributed by atoms with Gasteiger partial charge >= 0.3 is 0 Å². The molecule has 2 heterocycles. The van der Waals surface area contributed by atoms with Gasteiger partial charge in [0.05, 0.1) is 11.4 Å². The van der Waals surface area contributed by atoms with Crippen molar-refractivity contribution in [2.24, 2.45) is 0 Å². The van der Waals surface area contributed by atoms with Crippen LogP contribution in [0.2, 0.25) is 0 Å². The number of ether oxygens (including phenoxy) is 2. The van der Waals surface area contributed by atoms with Crippen LogP contribution in [-0.2, 0) is 4.79 Å². The number of amides is 1. The summed E-state index contributed by atoms with van der Waals surface area (Å²) < 4.78 is 25.9. The van der Waals surface area contributed by atoms with Crippen LogP contribution in [0.3, 0.4) is 0 Å². The molecular formula is C23H19FN4O3. The molecule has 4 rings (SSSR count). The van der Waals surface area contributed by atoms with Gasteiger partial charge in [0.25, 0.3) is 5.91 Å². The van der Waals surface area contributed by atoms with Gasteiger partial charge in [-0.3, -0.25) is 4.79 Å². The molecule has 0 unspecified atom stereocenters. The number of aromatic nitrogens is 3. The number of nitrogens with one attached hydrogen (secondary N) is 1. The van der Waals surface area contributed by atoms with Crippen molar-refractivity contribution < 1.29 is 18.7 Å². The van der Waals surface area contributed by atoms with Crippen molar-refractivity contribution in [1.29, 1.82) is 0 Å². The maximum atomic E-state index is 13.2. The first-order chi connectivity index (χ1) is 15.1. The third kappa shape index (κ3) is 5.24. The van der Waals surface area contributed by atoms with Gasteiger partial charge in [-0.05, 0) is 61.5 Å². The number of rotatable bonds is 7. The Morgan fingerprint density at radius 3 is 2.48 bits per heavy atom. The second kappa shape index (κ2) is 9.08. The first-order valence-corrected chi connectivity index (χ1v) is 9.51. The second-order valence-corrected chi connectivity index (χ2v) is 6.64. The molecule has 1 N–H and O–H groups in total. The van der Waals surface area contributed by atoms with E-state index in [1.54, 1.807) is 61.7 Å². The number of benzene rings is 2. The summed E-state index contributed by atoms with van der Waals surface area (Å²) in [6.07, 6.45) is 1.65. The van der Waals surface area contributed by atoms with E-state index in [0.717, 1.165) is 0 Å². The first kappa shape index (κ1) is 20.1. The van der Waals surface area contributed by atoms with Gasteiger partial charge in [0, 0.05) is 18.3 Å². The molecule has 0 radical (unpaired) electrons. The zero-order chi connectivity index (χ0) is 21.6. The topological polar surface area (TPSA) is 78.3 Å². The van der Waals surface area contributed by atoms with Gasteiger partial charge in [-0.15, -0.1) is 0 Å². The summed E-state index contributed by atoms with van der Waals surface area (Å²) in [4.78, 5) is 16.5. The van der Waals surface area contributed by atoms with E-state index < -0.39 is 0 Å². The van der Waals surface area contributed by atoms with Gasteiger partial charge < -0.3 is 14.8 Å². The number of hydrogen-bond acceptors (Lipinski definition) is 5. The van der Waals surface area contributed by atoms with Crippen molar-refractivity contribution >= 4 is 11.7 Å². The number of carbonyl (C=O) groups is 1. The van der Waals surface area contributed by atoms with Gasteiger partial charge in [-0.25, -0.2) is 14.1 Å². The lowest BCUT2D eigenvalue weighted by Gasteiger charge is -2.10. The van der Waals surface area contributed by atoms with Crippen LogP contribution in [0.15, 0.2) is 79.0 Å². The van der Waals surface area contributed by atoms with E-state index in [1.165, 1.54) is 16.8 Å². The minimum Gasteiger partial charge on any atom is -0.484 e. The smallest absolute Gasteiger partial charge is 0.263 e. The summed E-state index contributed by atoms with van der Waals surface area (Å²) in [5, 5.41) is 7.11. The molecule has 2 aromatic carbocycles. The lowest BCUT2D eigenvalue weighted by Crippen LogP contribution is -2.21. The highest BCUT2D eigenvalue weighted by molar-refractivity contribution is 5.91. The molecule has 2 aromatic heterocycles. The highest BCUT2D eigenvalue weighted by Gasteiger charge is 2.12. The fourth-order valence-electron chi connectivity index (χ4n) is 2.83. The fourth-order valence-corrected chi connectivity index (χ4v) is 2.83. The minimum absolute atomic E-state index is 0.186. The first-order valence-electron chi connectivity index (χ1n) is 9.51. The molecule has 4 aromatic rings. The van der Waals surface area contributed by atoms with E-state index in [1.807, 2.05) is 12.1 Å². The fraction of sp³-hybridized carbons (Fsp3) is 0.0870. The lowest BCUT2D eigenvalue weighted by molar-refractivity contribution is -0.118. The zero-order valence-electron chi connectivity index (χ0n) is 16.7. The number of hydrogen-bond donors (Lipinski definition) is 1. The predicted molar refractivity (Wildman–Crippen MR) is 113 cm³/mol. The molecule has 0 saturated carbocycles. The van der Waals surface area contributed by atoms with Gasteiger partial charge in [-0.2, -0.15) is 5.10 Å². The van der Waals surface area contributed by atoms with Crippen LogP contribution >= 0.6 is 0 Å². The van der Waals surface area contributed by atoms with Gasteiger partial charge in [0.2, 0.25) is 5.88 Å². The maximum Gasteiger partial charge on any atom is 0.263 e. The monoisotopic (exact) mass is 418 g/mol.